The van der Waals surface area contributed by atoms with Gasteiger partial charge in [0.05, 0.1) is 17.8 Å². The third-order valence-electron chi connectivity index (χ3n) is 4.24. The van der Waals surface area contributed by atoms with Gasteiger partial charge in [-0.3, -0.25) is 4.79 Å². The van der Waals surface area contributed by atoms with E-state index in [1.807, 2.05) is 12.1 Å². The van der Waals surface area contributed by atoms with Crippen LogP contribution in [0.2, 0.25) is 0 Å². The number of rotatable bonds is 3. The van der Waals surface area contributed by atoms with Crippen LogP contribution in [-0.2, 0) is 16.0 Å². The number of nitrogens with zero attached hydrogens (tertiary/aromatic N) is 1. The van der Waals surface area contributed by atoms with Crippen molar-refractivity contribution in [1.29, 1.82) is 0 Å². The molecular formula is C15H21N3O2. The van der Waals surface area contributed by atoms with Crippen LogP contribution in [0.3, 0.4) is 0 Å². The lowest BCUT2D eigenvalue weighted by atomic mass is 9.97. The molecule has 1 fully saturated rings. The highest BCUT2D eigenvalue weighted by Crippen LogP contribution is 2.35. The van der Waals surface area contributed by atoms with E-state index in [0.29, 0.717) is 12.3 Å². The molecule has 0 atom stereocenters. The maximum absolute atomic E-state index is 11.4. The van der Waals surface area contributed by atoms with E-state index in [0.717, 1.165) is 55.2 Å². The number of nitrogen functional groups attached to an aromatic ring is 1. The molecule has 5 nitrogen and oxygen atoms in total. The molecule has 0 spiro atoms. The van der Waals surface area contributed by atoms with Crippen LogP contribution in [0.1, 0.15) is 18.4 Å². The number of nitrogens with one attached hydrogen (secondary N) is 1. The monoisotopic (exact) mass is 275 g/mol. The molecule has 0 aromatic heterocycles. The van der Waals surface area contributed by atoms with Crippen LogP contribution < -0.4 is 16.0 Å². The minimum Gasteiger partial charge on any atom is -0.397 e. The normalized spacial score (nSPS) is 19.1. The summed E-state index contributed by atoms with van der Waals surface area (Å²) in [5.74, 6) is 0.696. The van der Waals surface area contributed by atoms with Gasteiger partial charge in [-0.2, -0.15) is 0 Å². The molecule has 20 heavy (non-hydrogen) atoms. The first-order valence-electron chi connectivity index (χ1n) is 7.13. The maximum Gasteiger partial charge on any atom is 0.228 e. The minimum absolute atomic E-state index is 0.0513. The van der Waals surface area contributed by atoms with Crippen molar-refractivity contribution in [2.75, 3.05) is 42.8 Å². The van der Waals surface area contributed by atoms with Gasteiger partial charge in [0.2, 0.25) is 5.91 Å². The van der Waals surface area contributed by atoms with Gasteiger partial charge in [-0.1, -0.05) is 0 Å². The summed E-state index contributed by atoms with van der Waals surface area (Å²) in [6, 6.07) is 3.95. The van der Waals surface area contributed by atoms with Gasteiger partial charge in [-0.15, -0.1) is 0 Å². The van der Waals surface area contributed by atoms with Crippen molar-refractivity contribution in [3.05, 3.63) is 17.7 Å². The van der Waals surface area contributed by atoms with Crippen LogP contribution >= 0.6 is 0 Å². The van der Waals surface area contributed by atoms with Gasteiger partial charge in [-0.25, -0.2) is 0 Å². The van der Waals surface area contributed by atoms with Crippen LogP contribution in [0.25, 0.3) is 0 Å². The number of ether oxygens (including phenoxy) is 1. The molecular weight excluding hydrogens is 254 g/mol. The van der Waals surface area contributed by atoms with E-state index < -0.39 is 0 Å². The van der Waals surface area contributed by atoms with E-state index in [9.17, 15) is 4.79 Å². The number of benzene rings is 1. The molecule has 1 saturated heterocycles. The summed E-state index contributed by atoms with van der Waals surface area (Å²) in [5, 5.41) is 2.89. The fourth-order valence-corrected chi connectivity index (χ4v) is 3.13. The van der Waals surface area contributed by atoms with Crippen molar-refractivity contribution in [3.63, 3.8) is 0 Å². The molecule has 2 aliphatic heterocycles. The van der Waals surface area contributed by atoms with Crippen LogP contribution in [-0.4, -0.2) is 32.7 Å². The molecule has 2 aliphatic rings. The third kappa shape index (κ3) is 2.45. The number of fused-ring (bicyclic) bond motifs is 1. The first-order valence-corrected chi connectivity index (χ1v) is 7.13. The Balaban J connectivity index is 1.75. The molecule has 2 heterocycles. The predicted octanol–water partition coefficient (Wildman–Crippen LogP) is 1.63. The highest BCUT2D eigenvalue weighted by atomic mass is 16.5. The average molecular weight is 275 g/mol. The number of hydrogen-bond donors (Lipinski definition) is 2. The molecule has 0 aliphatic carbocycles. The highest BCUT2D eigenvalue weighted by molar-refractivity contribution is 6.00. The number of carbonyl (C=O) groups is 1. The highest BCUT2D eigenvalue weighted by Gasteiger charge is 2.24. The summed E-state index contributed by atoms with van der Waals surface area (Å²) in [4.78, 5) is 13.7. The van der Waals surface area contributed by atoms with Crippen molar-refractivity contribution in [2.24, 2.45) is 5.92 Å². The molecule has 0 radical (unpaired) electrons. The van der Waals surface area contributed by atoms with Crippen LogP contribution in [0, 0.1) is 5.92 Å². The van der Waals surface area contributed by atoms with E-state index in [2.05, 4.69) is 10.2 Å². The number of piperidine rings is 1. The quantitative estimate of drug-likeness (QED) is 0.823. The fourth-order valence-electron chi connectivity index (χ4n) is 3.13. The van der Waals surface area contributed by atoms with E-state index in [4.69, 9.17) is 10.5 Å². The first-order chi connectivity index (χ1) is 9.67. The number of nitrogens with two attached hydrogens (primary N) is 1. The van der Waals surface area contributed by atoms with Gasteiger partial charge in [-0.05, 0) is 36.5 Å². The Morgan fingerprint density at radius 2 is 2.15 bits per heavy atom. The average Bonchev–Trinajstić information content (AvgIpc) is 2.78. The summed E-state index contributed by atoms with van der Waals surface area (Å²) in [6.07, 6.45) is 2.68. The molecule has 0 unspecified atom stereocenters. The molecule has 3 rings (SSSR count). The number of amides is 1. The SMILES string of the molecule is COCC1CCN(c2cc3c(cc2N)CC(=O)N3)CC1. The Kier molecular flexibility index (Phi) is 3.53. The zero-order chi connectivity index (χ0) is 14.1. The lowest BCUT2D eigenvalue weighted by Crippen LogP contribution is -2.35. The van der Waals surface area contributed by atoms with E-state index in [1.165, 1.54) is 0 Å². The van der Waals surface area contributed by atoms with Gasteiger partial charge in [0.15, 0.2) is 0 Å². The summed E-state index contributed by atoms with van der Waals surface area (Å²) >= 11 is 0. The van der Waals surface area contributed by atoms with Crippen LogP contribution in [0.5, 0.6) is 0 Å². The van der Waals surface area contributed by atoms with Crippen molar-refractivity contribution in [2.45, 2.75) is 19.3 Å². The summed E-state index contributed by atoms with van der Waals surface area (Å²) in [6.45, 7) is 2.82. The van der Waals surface area contributed by atoms with Crippen LogP contribution in [0.15, 0.2) is 12.1 Å². The Morgan fingerprint density at radius 1 is 1.40 bits per heavy atom. The van der Waals surface area contributed by atoms with E-state index in [1.54, 1.807) is 7.11 Å². The lowest BCUT2D eigenvalue weighted by molar-refractivity contribution is -0.115. The Hall–Kier alpha value is -1.75. The predicted molar refractivity (Wildman–Crippen MR) is 80.0 cm³/mol. The van der Waals surface area contributed by atoms with Crippen molar-refractivity contribution in [1.82, 2.24) is 0 Å². The first kappa shape index (κ1) is 13.2. The number of carbonyl (C=O) groups excluding carboxylic acids is 1. The smallest absolute Gasteiger partial charge is 0.228 e. The van der Waals surface area contributed by atoms with E-state index >= 15 is 0 Å². The second kappa shape index (κ2) is 5.32. The molecule has 1 aromatic rings. The number of methoxy groups -OCH3 is 1. The molecule has 3 N–H and O–H groups in total. The van der Waals surface area contributed by atoms with Crippen molar-refractivity contribution in [3.8, 4) is 0 Å². The van der Waals surface area contributed by atoms with Crippen molar-refractivity contribution < 1.29 is 9.53 Å². The molecule has 0 saturated carbocycles. The van der Waals surface area contributed by atoms with Gasteiger partial charge in [0.1, 0.15) is 0 Å². The zero-order valence-electron chi connectivity index (χ0n) is 11.8. The van der Waals surface area contributed by atoms with Gasteiger partial charge in [0, 0.05) is 32.5 Å². The molecule has 1 aromatic carbocycles. The minimum atomic E-state index is 0.0513. The van der Waals surface area contributed by atoms with Gasteiger partial charge >= 0.3 is 0 Å². The Morgan fingerprint density at radius 3 is 2.85 bits per heavy atom. The molecule has 108 valence electrons. The molecule has 1 amide bonds. The maximum atomic E-state index is 11.4. The standard InChI is InChI=1S/C15H21N3O2/c1-20-9-10-2-4-18(5-3-10)14-8-13-11(6-12(14)16)7-15(19)17-13/h6,8,10H,2-5,7,9,16H2,1H3,(H,17,19). The largest absolute Gasteiger partial charge is 0.397 e. The number of hydrogen-bond acceptors (Lipinski definition) is 4. The summed E-state index contributed by atoms with van der Waals surface area (Å²) < 4.78 is 5.23. The zero-order valence-corrected chi connectivity index (χ0v) is 11.8. The molecule has 5 heteroatoms. The summed E-state index contributed by atoms with van der Waals surface area (Å²) in [5.41, 5.74) is 9.89. The number of anilines is 3. The van der Waals surface area contributed by atoms with Gasteiger partial charge in [0.25, 0.3) is 0 Å². The fraction of sp³-hybridized carbons (Fsp3) is 0.533. The topological polar surface area (TPSA) is 67.6 Å². The summed E-state index contributed by atoms with van der Waals surface area (Å²) in [7, 11) is 1.76. The van der Waals surface area contributed by atoms with E-state index in [-0.39, 0.29) is 5.91 Å². The lowest BCUT2D eigenvalue weighted by Gasteiger charge is -2.34. The Bertz CT molecular complexity index is 522. The second-order valence-electron chi connectivity index (χ2n) is 5.68. The second-order valence-corrected chi connectivity index (χ2v) is 5.68. The molecule has 0 bridgehead atoms. The van der Waals surface area contributed by atoms with Gasteiger partial charge < -0.3 is 20.7 Å². The van der Waals surface area contributed by atoms with Crippen LogP contribution in [0.4, 0.5) is 17.1 Å². The van der Waals surface area contributed by atoms with Crippen molar-refractivity contribution >= 4 is 23.0 Å². The third-order valence-corrected chi connectivity index (χ3v) is 4.24. The Labute approximate surface area is 119 Å².